The molecule has 3 aromatic rings. The fourth-order valence-electron chi connectivity index (χ4n) is 3.89. The largest absolute Gasteiger partial charge is 0.367 e. The summed E-state index contributed by atoms with van der Waals surface area (Å²) in [4.78, 5) is 31.1. The van der Waals surface area contributed by atoms with Crippen LogP contribution in [0.15, 0.2) is 72.9 Å². The molecule has 0 saturated carbocycles. The summed E-state index contributed by atoms with van der Waals surface area (Å²) in [5, 5.41) is 0. The van der Waals surface area contributed by atoms with Gasteiger partial charge in [0.15, 0.2) is 5.60 Å². The van der Waals surface area contributed by atoms with Crippen molar-refractivity contribution in [2.75, 3.05) is 19.7 Å². The van der Waals surface area contributed by atoms with Gasteiger partial charge in [-0.05, 0) is 35.7 Å². The number of carbonyl (C=O) groups excluding carboxylic acids is 2. The van der Waals surface area contributed by atoms with Gasteiger partial charge in [0.25, 0.3) is 11.8 Å². The Morgan fingerprint density at radius 3 is 2.58 bits per heavy atom. The predicted molar refractivity (Wildman–Crippen MR) is 118 cm³/mol. The number of benzene rings is 2. The molecule has 1 aliphatic rings. The average Bonchev–Trinajstić information content (AvgIpc) is 2.80. The molecule has 0 bridgehead atoms. The van der Waals surface area contributed by atoms with Crippen LogP contribution in [0.25, 0.3) is 11.1 Å². The minimum atomic E-state index is -1.28. The molecule has 31 heavy (non-hydrogen) atoms. The summed E-state index contributed by atoms with van der Waals surface area (Å²) < 4.78 is 5.92. The number of aromatic nitrogens is 1. The Kier molecular flexibility index (Phi) is 5.82. The van der Waals surface area contributed by atoms with E-state index in [1.54, 1.807) is 29.3 Å². The summed E-state index contributed by atoms with van der Waals surface area (Å²) in [6.45, 7) is 2.76. The van der Waals surface area contributed by atoms with Crippen LogP contribution < -0.4 is 5.73 Å². The van der Waals surface area contributed by atoms with Gasteiger partial charge >= 0.3 is 0 Å². The van der Waals surface area contributed by atoms with E-state index in [0.29, 0.717) is 12.2 Å². The van der Waals surface area contributed by atoms with Crippen molar-refractivity contribution in [3.05, 3.63) is 89.7 Å². The molecule has 2 heterocycles. The maximum absolute atomic E-state index is 12.9. The van der Waals surface area contributed by atoms with E-state index in [4.69, 9.17) is 10.5 Å². The first-order valence-electron chi connectivity index (χ1n) is 10.3. The van der Waals surface area contributed by atoms with E-state index in [-0.39, 0.29) is 25.5 Å². The second kappa shape index (κ2) is 8.70. The van der Waals surface area contributed by atoms with Crippen molar-refractivity contribution < 1.29 is 14.3 Å². The molecule has 4 rings (SSSR count). The molecular weight excluding hydrogens is 390 g/mol. The lowest BCUT2D eigenvalue weighted by molar-refractivity contribution is -0.153. The van der Waals surface area contributed by atoms with Crippen molar-refractivity contribution in [1.29, 1.82) is 0 Å². The molecule has 0 aliphatic carbocycles. The minimum absolute atomic E-state index is 0.0898. The Balaban J connectivity index is 1.59. The topological polar surface area (TPSA) is 85.5 Å². The number of rotatable bonds is 5. The molecule has 1 aliphatic heterocycles. The molecule has 0 radical (unpaired) electrons. The fourth-order valence-corrected chi connectivity index (χ4v) is 3.89. The van der Waals surface area contributed by atoms with Crippen molar-refractivity contribution in [2.45, 2.75) is 18.9 Å². The standard InChI is InChI=1S/C25H25N3O3/c1-18-8-10-20(11-9-18)21-6-4-5-19(15-21)16-25(24(26)30)17-28(13-14-31-25)23(29)22-7-2-3-12-27-22/h2-12,15H,13-14,16-17H2,1H3,(H2,26,30)/t25-/m0/s1. The number of amides is 2. The monoisotopic (exact) mass is 415 g/mol. The van der Waals surface area contributed by atoms with Gasteiger partial charge in [-0.15, -0.1) is 0 Å². The summed E-state index contributed by atoms with van der Waals surface area (Å²) >= 11 is 0. The van der Waals surface area contributed by atoms with E-state index >= 15 is 0 Å². The highest BCUT2D eigenvalue weighted by Crippen LogP contribution is 2.27. The first-order valence-corrected chi connectivity index (χ1v) is 10.3. The van der Waals surface area contributed by atoms with E-state index in [0.717, 1.165) is 16.7 Å². The van der Waals surface area contributed by atoms with Gasteiger partial charge in [-0.1, -0.05) is 60.2 Å². The number of hydrogen-bond acceptors (Lipinski definition) is 4. The van der Waals surface area contributed by atoms with E-state index in [9.17, 15) is 9.59 Å². The summed E-state index contributed by atoms with van der Waals surface area (Å²) in [5.41, 5.74) is 9.11. The quantitative estimate of drug-likeness (QED) is 0.694. The van der Waals surface area contributed by atoms with Crippen LogP contribution in [0.5, 0.6) is 0 Å². The highest BCUT2D eigenvalue weighted by atomic mass is 16.5. The van der Waals surface area contributed by atoms with Gasteiger partial charge in [-0.25, -0.2) is 0 Å². The highest BCUT2D eigenvalue weighted by molar-refractivity contribution is 5.93. The Bertz CT molecular complexity index is 1080. The molecular formula is C25H25N3O3. The third-order valence-corrected chi connectivity index (χ3v) is 5.61. The van der Waals surface area contributed by atoms with Crippen molar-refractivity contribution in [2.24, 2.45) is 5.73 Å². The van der Waals surface area contributed by atoms with Crippen LogP contribution in [-0.4, -0.2) is 47.0 Å². The fraction of sp³-hybridized carbons (Fsp3) is 0.240. The maximum Gasteiger partial charge on any atom is 0.272 e. The Hall–Kier alpha value is -3.51. The van der Waals surface area contributed by atoms with Gasteiger partial charge in [0.05, 0.1) is 13.2 Å². The third kappa shape index (κ3) is 4.49. The average molecular weight is 415 g/mol. The van der Waals surface area contributed by atoms with Crippen molar-refractivity contribution in [1.82, 2.24) is 9.88 Å². The lowest BCUT2D eigenvalue weighted by atomic mass is 9.90. The predicted octanol–water partition coefficient (Wildman–Crippen LogP) is 3.00. The zero-order chi connectivity index (χ0) is 21.8. The number of nitrogens with two attached hydrogens (primary N) is 1. The molecule has 6 nitrogen and oxygen atoms in total. The molecule has 1 fully saturated rings. The molecule has 0 spiro atoms. The molecule has 1 aromatic heterocycles. The van der Waals surface area contributed by atoms with Gasteiger partial charge in [-0.2, -0.15) is 0 Å². The second-order valence-electron chi connectivity index (χ2n) is 7.89. The number of morpholine rings is 1. The normalized spacial score (nSPS) is 18.5. The molecule has 2 N–H and O–H groups in total. The Morgan fingerprint density at radius 2 is 1.87 bits per heavy atom. The molecule has 0 unspecified atom stereocenters. The number of ether oxygens (including phenoxy) is 1. The highest BCUT2D eigenvalue weighted by Gasteiger charge is 2.44. The summed E-state index contributed by atoms with van der Waals surface area (Å²) in [5.74, 6) is -0.810. The van der Waals surface area contributed by atoms with E-state index < -0.39 is 11.5 Å². The molecule has 1 saturated heterocycles. The van der Waals surface area contributed by atoms with Gasteiger partial charge in [0.1, 0.15) is 5.69 Å². The summed E-state index contributed by atoms with van der Waals surface area (Å²) in [7, 11) is 0. The SMILES string of the molecule is Cc1ccc(-c2cccc(C[C@@]3(C(N)=O)CN(C(=O)c4ccccn4)CCO3)c2)cc1. The van der Waals surface area contributed by atoms with Gasteiger partial charge in [0.2, 0.25) is 0 Å². The smallest absolute Gasteiger partial charge is 0.272 e. The lowest BCUT2D eigenvalue weighted by Gasteiger charge is -2.40. The zero-order valence-corrected chi connectivity index (χ0v) is 17.5. The maximum atomic E-state index is 12.9. The van der Waals surface area contributed by atoms with Gasteiger partial charge < -0.3 is 15.4 Å². The van der Waals surface area contributed by atoms with Crippen molar-refractivity contribution >= 4 is 11.8 Å². The zero-order valence-electron chi connectivity index (χ0n) is 17.5. The molecule has 1 atom stereocenters. The van der Waals surface area contributed by atoms with Crippen LogP contribution in [0.1, 0.15) is 21.6 Å². The van der Waals surface area contributed by atoms with E-state index in [1.165, 1.54) is 5.56 Å². The first kappa shape index (κ1) is 20.8. The minimum Gasteiger partial charge on any atom is -0.367 e. The Labute approximate surface area is 181 Å². The lowest BCUT2D eigenvalue weighted by Crippen LogP contribution is -2.61. The number of carbonyl (C=O) groups is 2. The molecule has 2 amide bonds. The Morgan fingerprint density at radius 1 is 1.06 bits per heavy atom. The molecule has 158 valence electrons. The summed E-state index contributed by atoms with van der Waals surface area (Å²) in [6, 6.07) is 21.4. The van der Waals surface area contributed by atoms with Gasteiger partial charge in [0, 0.05) is 19.2 Å². The number of nitrogens with zero attached hydrogens (tertiary/aromatic N) is 2. The number of pyridine rings is 1. The van der Waals surface area contributed by atoms with Crippen LogP contribution >= 0.6 is 0 Å². The molecule has 2 aromatic carbocycles. The van der Waals surface area contributed by atoms with Crippen LogP contribution in [-0.2, 0) is 16.0 Å². The van der Waals surface area contributed by atoms with Crippen molar-refractivity contribution in [3.63, 3.8) is 0 Å². The molecule has 6 heteroatoms. The van der Waals surface area contributed by atoms with Crippen LogP contribution in [0.4, 0.5) is 0 Å². The third-order valence-electron chi connectivity index (χ3n) is 5.61. The first-order chi connectivity index (χ1) is 15.0. The van der Waals surface area contributed by atoms with Crippen LogP contribution in [0, 0.1) is 6.92 Å². The second-order valence-corrected chi connectivity index (χ2v) is 7.89. The van der Waals surface area contributed by atoms with E-state index in [1.807, 2.05) is 24.3 Å². The van der Waals surface area contributed by atoms with Crippen LogP contribution in [0.3, 0.4) is 0 Å². The van der Waals surface area contributed by atoms with Crippen LogP contribution in [0.2, 0.25) is 0 Å². The van der Waals surface area contributed by atoms with Crippen molar-refractivity contribution in [3.8, 4) is 11.1 Å². The summed E-state index contributed by atoms with van der Waals surface area (Å²) in [6.07, 6.45) is 1.86. The number of primary amides is 1. The number of aryl methyl sites for hydroxylation is 1. The number of hydrogen-bond donors (Lipinski definition) is 1. The van der Waals surface area contributed by atoms with Gasteiger partial charge in [-0.3, -0.25) is 14.6 Å². The van der Waals surface area contributed by atoms with E-state index in [2.05, 4.69) is 36.2 Å².